The summed E-state index contributed by atoms with van der Waals surface area (Å²) in [5.74, 6) is 0.684. The molecule has 10 heavy (non-hydrogen) atoms. The molecule has 0 saturated heterocycles. The molecule has 1 nitrogen and oxygen atoms in total. The topological polar surface area (TPSA) is 20.2 Å². The Morgan fingerprint density at radius 2 is 1.80 bits per heavy atom. The zero-order valence-electron chi connectivity index (χ0n) is 6.64. The molecule has 1 N–H and O–H groups in total. The molecule has 1 heteroatoms. The highest BCUT2D eigenvalue weighted by Crippen LogP contribution is 2.28. The first-order chi connectivity index (χ1) is 4.70. The van der Waals surface area contributed by atoms with E-state index >= 15 is 0 Å². The molecule has 0 aromatic carbocycles. The molecule has 58 valence electrons. The summed E-state index contributed by atoms with van der Waals surface area (Å²) in [5, 5.41) is 9.18. The first-order valence-corrected chi connectivity index (χ1v) is 4.03. The van der Waals surface area contributed by atoms with Crippen molar-refractivity contribution in [2.75, 3.05) is 0 Å². The number of aliphatic hydroxyl groups excluding tert-OH is 1. The van der Waals surface area contributed by atoms with Gasteiger partial charge in [-0.25, -0.2) is 0 Å². The minimum atomic E-state index is -0.0319. The average molecular weight is 140 g/mol. The van der Waals surface area contributed by atoms with Crippen molar-refractivity contribution in [1.82, 2.24) is 0 Å². The van der Waals surface area contributed by atoms with Crippen molar-refractivity contribution in [1.29, 1.82) is 0 Å². The van der Waals surface area contributed by atoms with Crippen molar-refractivity contribution in [3.8, 4) is 0 Å². The zero-order valence-corrected chi connectivity index (χ0v) is 6.64. The van der Waals surface area contributed by atoms with Gasteiger partial charge in [-0.3, -0.25) is 0 Å². The van der Waals surface area contributed by atoms with Gasteiger partial charge in [0.2, 0.25) is 0 Å². The van der Waals surface area contributed by atoms with Gasteiger partial charge in [-0.2, -0.15) is 0 Å². The van der Waals surface area contributed by atoms with Crippen molar-refractivity contribution >= 4 is 0 Å². The predicted octanol–water partition coefficient (Wildman–Crippen LogP) is 2.11. The number of hydrogen-bond donors (Lipinski definition) is 1. The van der Waals surface area contributed by atoms with E-state index in [-0.39, 0.29) is 6.10 Å². The first-order valence-electron chi connectivity index (χ1n) is 4.03. The Morgan fingerprint density at radius 3 is 2.20 bits per heavy atom. The van der Waals surface area contributed by atoms with E-state index in [4.69, 9.17) is 0 Å². The summed E-state index contributed by atoms with van der Waals surface area (Å²) in [7, 11) is 0. The molecule has 1 aliphatic rings. The standard InChI is InChI=1S/C9H16O/c1-7(2)8-3-5-9(10)6-4-8/h8-10H,1,3-6H2,2H3/t8-,9+. The second kappa shape index (κ2) is 3.20. The molecule has 0 aliphatic heterocycles. The number of aliphatic hydroxyl groups is 1. The second-order valence-electron chi connectivity index (χ2n) is 3.35. The number of rotatable bonds is 1. The molecular weight excluding hydrogens is 124 g/mol. The molecule has 0 bridgehead atoms. The van der Waals surface area contributed by atoms with E-state index in [0.717, 1.165) is 25.7 Å². The molecule has 1 saturated carbocycles. The molecule has 0 radical (unpaired) electrons. The van der Waals surface area contributed by atoms with Gasteiger partial charge >= 0.3 is 0 Å². The van der Waals surface area contributed by atoms with Gasteiger partial charge in [0.25, 0.3) is 0 Å². The number of hydrogen-bond acceptors (Lipinski definition) is 1. The summed E-state index contributed by atoms with van der Waals surface area (Å²) in [5.41, 5.74) is 1.28. The minimum Gasteiger partial charge on any atom is -0.393 e. The maximum absolute atomic E-state index is 9.18. The fourth-order valence-electron chi connectivity index (χ4n) is 1.57. The van der Waals surface area contributed by atoms with Crippen LogP contribution in [0.4, 0.5) is 0 Å². The van der Waals surface area contributed by atoms with Crippen molar-refractivity contribution in [2.24, 2.45) is 5.92 Å². The molecule has 1 aliphatic carbocycles. The molecule has 0 aromatic heterocycles. The Morgan fingerprint density at radius 1 is 1.30 bits per heavy atom. The Bertz CT molecular complexity index is 121. The summed E-state index contributed by atoms with van der Waals surface area (Å²) in [6.07, 6.45) is 4.18. The third kappa shape index (κ3) is 1.84. The van der Waals surface area contributed by atoms with Crippen LogP contribution in [0.2, 0.25) is 0 Å². The van der Waals surface area contributed by atoms with E-state index in [1.54, 1.807) is 0 Å². The zero-order chi connectivity index (χ0) is 7.56. The Balaban J connectivity index is 2.33. The smallest absolute Gasteiger partial charge is 0.0540 e. The van der Waals surface area contributed by atoms with Gasteiger partial charge in [0.1, 0.15) is 0 Å². The Kier molecular flexibility index (Phi) is 2.50. The molecule has 1 fully saturated rings. The normalized spacial score (nSPS) is 33.8. The maximum Gasteiger partial charge on any atom is 0.0540 e. The summed E-state index contributed by atoms with van der Waals surface area (Å²) >= 11 is 0. The monoisotopic (exact) mass is 140 g/mol. The highest BCUT2D eigenvalue weighted by molar-refractivity contribution is 4.97. The predicted molar refractivity (Wildman–Crippen MR) is 42.8 cm³/mol. The van der Waals surface area contributed by atoms with Crippen molar-refractivity contribution in [2.45, 2.75) is 38.7 Å². The average Bonchev–Trinajstić information content (AvgIpc) is 1.88. The third-order valence-electron chi connectivity index (χ3n) is 2.39. The molecule has 0 aromatic rings. The second-order valence-corrected chi connectivity index (χ2v) is 3.35. The van der Waals surface area contributed by atoms with Crippen LogP contribution in [0.3, 0.4) is 0 Å². The van der Waals surface area contributed by atoms with E-state index in [1.165, 1.54) is 5.57 Å². The molecule has 0 heterocycles. The van der Waals surface area contributed by atoms with Crippen LogP contribution >= 0.6 is 0 Å². The molecule has 0 atom stereocenters. The quantitative estimate of drug-likeness (QED) is 0.553. The van der Waals surface area contributed by atoms with Gasteiger partial charge in [0.15, 0.2) is 0 Å². The lowest BCUT2D eigenvalue weighted by atomic mass is 9.84. The van der Waals surface area contributed by atoms with Gasteiger partial charge in [-0.05, 0) is 38.5 Å². The van der Waals surface area contributed by atoms with Gasteiger partial charge < -0.3 is 5.11 Å². The van der Waals surface area contributed by atoms with Gasteiger partial charge in [-0.1, -0.05) is 12.2 Å². The van der Waals surface area contributed by atoms with Crippen LogP contribution in [0, 0.1) is 5.92 Å². The van der Waals surface area contributed by atoms with Gasteiger partial charge in [0.05, 0.1) is 6.10 Å². The van der Waals surface area contributed by atoms with Crippen LogP contribution in [0.5, 0.6) is 0 Å². The molecule has 1 rings (SSSR count). The third-order valence-corrected chi connectivity index (χ3v) is 2.39. The van der Waals surface area contributed by atoms with E-state index in [1.807, 2.05) is 0 Å². The van der Waals surface area contributed by atoms with Crippen LogP contribution in [0.25, 0.3) is 0 Å². The molecular formula is C9H16O. The maximum atomic E-state index is 9.18. The van der Waals surface area contributed by atoms with Gasteiger partial charge in [-0.15, -0.1) is 0 Å². The summed E-state index contributed by atoms with van der Waals surface area (Å²) < 4.78 is 0. The lowest BCUT2D eigenvalue weighted by Gasteiger charge is -2.25. The highest BCUT2D eigenvalue weighted by Gasteiger charge is 2.18. The van der Waals surface area contributed by atoms with Crippen LogP contribution in [-0.2, 0) is 0 Å². The largest absolute Gasteiger partial charge is 0.393 e. The van der Waals surface area contributed by atoms with Crippen molar-refractivity contribution in [3.63, 3.8) is 0 Å². The van der Waals surface area contributed by atoms with E-state index in [9.17, 15) is 5.11 Å². The minimum absolute atomic E-state index is 0.0319. The lowest BCUT2D eigenvalue weighted by molar-refractivity contribution is 0.116. The summed E-state index contributed by atoms with van der Waals surface area (Å²) in [6, 6.07) is 0. The Hall–Kier alpha value is -0.300. The summed E-state index contributed by atoms with van der Waals surface area (Å²) in [4.78, 5) is 0. The van der Waals surface area contributed by atoms with E-state index in [0.29, 0.717) is 5.92 Å². The Labute approximate surface area is 62.8 Å². The van der Waals surface area contributed by atoms with E-state index < -0.39 is 0 Å². The number of allylic oxidation sites excluding steroid dienone is 1. The first kappa shape index (κ1) is 7.80. The molecule has 0 spiro atoms. The van der Waals surface area contributed by atoms with Crippen molar-refractivity contribution in [3.05, 3.63) is 12.2 Å². The summed E-state index contributed by atoms with van der Waals surface area (Å²) in [6.45, 7) is 6.01. The highest BCUT2D eigenvalue weighted by atomic mass is 16.3. The van der Waals surface area contributed by atoms with Crippen LogP contribution in [0.1, 0.15) is 32.6 Å². The van der Waals surface area contributed by atoms with Crippen LogP contribution in [0.15, 0.2) is 12.2 Å². The van der Waals surface area contributed by atoms with Crippen LogP contribution < -0.4 is 0 Å². The molecule has 0 unspecified atom stereocenters. The molecule has 0 amide bonds. The van der Waals surface area contributed by atoms with Crippen molar-refractivity contribution < 1.29 is 5.11 Å². The van der Waals surface area contributed by atoms with E-state index in [2.05, 4.69) is 13.5 Å². The van der Waals surface area contributed by atoms with Gasteiger partial charge in [0, 0.05) is 0 Å². The van der Waals surface area contributed by atoms with Crippen LogP contribution in [-0.4, -0.2) is 11.2 Å². The fraction of sp³-hybridized carbons (Fsp3) is 0.778. The fourth-order valence-corrected chi connectivity index (χ4v) is 1.57. The SMILES string of the molecule is C=C(C)[C@H]1CC[C@@H](O)CC1. The lowest BCUT2D eigenvalue weighted by Crippen LogP contribution is -2.18.